The lowest BCUT2D eigenvalue weighted by atomic mass is 9.92. The van der Waals surface area contributed by atoms with Gasteiger partial charge >= 0.3 is 0 Å². The standard InChI is InChI=1S/C10H16N4O2S.ClH/c1-6-13-14-10(17-6)12-9(15)8(11)7-2-4-16-5-3-7;/h7-8H,2-5,11H2,1H3,(H,12,14,15);1H. The Morgan fingerprint density at radius 1 is 1.50 bits per heavy atom. The second-order valence-electron chi connectivity index (χ2n) is 4.09. The van der Waals surface area contributed by atoms with Crippen molar-refractivity contribution in [2.75, 3.05) is 18.5 Å². The minimum absolute atomic E-state index is 0. The predicted octanol–water partition coefficient (Wildman–Crippen LogP) is 0.961. The SMILES string of the molecule is Cc1nnc(NC(=O)C(N)C2CCOCC2)s1.Cl. The lowest BCUT2D eigenvalue weighted by Crippen LogP contribution is -2.43. The van der Waals surface area contributed by atoms with Crippen LogP contribution in [0.25, 0.3) is 0 Å². The molecule has 1 aliphatic heterocycles. The van der Waals surface area contributed by atoms with E-state index in [4.69, 9.17) is 10.5 Å². The van der Waals surface area contributed by atoms with Crippen molar-refractivity contribution in [3.63, 3.8) is 0 Å². The van der Waals surface area contributed by atoms with Crippen molar-refractivity contribution in [1.29, 1.82) is 0 Å². The molecule has 8 heteroatoms. The molecule has 1 aliphatic rings. The van der Waals surface area contributed by atoms with Crippen LogP contribution in [0.15, 0.2) is 0 Å². The number of nitrogens with zero attached hydrogens (tertiary/aromatic N) is 2. The van der Waals surface area contributed by atoms with E-state index < -0.39 is 6.04 Å². The molecule has 1 atom stereocenters. The molecule has 6 nitrogen and oxygen atoms in total. The zero-order chi connectivity index (χ0) is 12.3. The summed E-state index contributed by atoms with van der Waals surface area (Å²) in [4.78, 5) is 11.9. The molecule has 1 unspecified atom stereocenters. The Labute approximate surface area is 116 Å². The molecule has 1 aromatic heterocycles. The Bertz CT molecular complexity index is 395. The summed E-state index contributed by atoms with van der Waals surface area (Å²) in [5, 5.41) is 11.7. The molecule has 0 aromatic carbocycles. The van der Waals surface area contributed by atoms with Gasteiger partial charge in [0.1, 0.15) is 5.01 Å². The molecule has 0 bridgehead atoms. The zero-order valence-electron chi connectivity index (χ0n) is 10.1. The van der Waals surface area contributed by atoms with E-state index in [-0.39, 0.29) is 24.2 Å². The summed E-state index contributed by atoms with van der Waals surface area (Å²) >= 11 is 1.35. The van der Waals surface area contributed by atoms with Gasteiger partial charge in [-0.1, -0.05) is 11.3 Å². The molecule has 3 N–H and O–H groups in total. The van der Waals surface area contributed by atoms with Crippen molar-refractivity contribution in [3.05, 3.63) is 5.01 Å². The van der Waals surface area contributed by atoms with E-state index in [1.165, 1.54) is 11.3 Å². The molecule has 1 aromatic rings. The van der Waals surface area contributed by atoms with E-state index in [0.29, 0.717) is 18.3 Å². The summed E-state index contributed by atoms with van der Waals surface area (Å²) < 4.78 is 5.24. The molecule has 1 amide bonds. The van der Waals surface area contributed by atoms with Crippen LogP contribution in [0.3, 0.4) is 0 Å². The number of carbonyl (C=O) groups is 1. The predicted molar refractivity (Wildman–Crippen MR) is 72.0 cm³/mol. The van der Waals surface area contributed by atoms with Gasteiger partial charge in [0.15, 0.2) is 0 Å². The third kappa shape index (κ3) is 3.88. The number of ether oxygens (including phenoxy) is 1. The van der Waals surface area contributed by atoms with Crippen molar-refractivity contribution < 1.29 is 9.53 Å². The van der Waals surface area contributed by atoms with Crippen molar-refractivity contribution in [3.8, 4) is 0 Å². The molecular formula is C10H17ClN4O2S. The molecule has 102 valence electrons. The van der Waals surface area contributed by atoms with Gasteiger partial charge in [0.2, 0.25) is 11.0 Å². The monoisotopic (exact) mass is 292 g/mol. The minimum Gasteiger partial charge on any atom is -0.381 e. The highest BCUT2D eigenvalue weighted by Crippen LogP contribution is 2.19. The first-order valence-corrected chi connectivity index (χ1v) is 6.43. The van der Waals surface area contributed by atoms with Crippen LogP contribution < -0.4 is 11.1 Å². The molecule has 1 fully saturated rings. The minimum atomic E-state index is -0.497. The van der Waals surface area contributed by atoms with E-state index in [1.54, 1.807) is 0 Å². The second kappa shape index (κ2) is 6.98. The van der Waals surface area contributed by atoms with Gasteiger partial charge in [0.25, 0.3) is 0 Å². The Morgan fingerprint density at radius 2 is 2.17 bits per heavy atom. The maximum atomic E-state index is 11.9. The van der Waals surface area contributed by atoms with Gasteiger partial charge in [0, 0.05) is 13.2 Å². The van der Waals surface area contributed by atoms with Gasteiger partial charge in [-0.15, -0.1) is 22.6 Å². The van der Waals surface area contributed by atoms with Crippen LogP contribution in [0.2, 0.25) is 0 Å². The van der Waals surface area contributed by atoms with Gasteiger partial charge in [-0.3, -0.25) is 10.1 Å². The second-order valence-corrected chi connectivity index (χ2v) is 5.27. The van der Waals surface area contributed by atoms with Crippen molar-refractivity contribution in [2.45, 2.75) is 25.8 Å². The molecule has 1 saturated heterocycles. The Hall–Kier alpha value is -0.760. The maximum absolute atomic E-state index is 11.9. The fourth-order valence-electron chi connectivity index (χ4n) is 1.82. The Kier molecular flexibility index (Phi) is 5.94. The van der Waals surface area contributed by atoms with Crippen LogP contribution in [0, 0.1) is 12.8 Å². The summed E-state index contributed by atoms with van der Waals surface area (Å²) in [6.45, 7) is 3.21. The fraction of sp³-hybridized carbons (Fsp3) is 0.700. The van der Waals surface area contributed by atoms with Crippen LogP contribution in [0.5, 0.6) is 0 Å². The first-order valence-electron chi connectivity index (χ1n) is 5.61. The van der Waals surface area contributed by atoms with Crippen molar-refractivity contribution in [2.24, 2.45) is 11.7 Å². The number of aromatic nitrogens is 2. The topological polar surface area (TPSA) is 90.1 Å². The van der Waals surface area contributed by atoms with Gasteiger partial charge < -0.3 is 10.5 Å². The van der Waals surface area contributed by atoms with E-state index in [0.717, 1.165) is 17.8 Å². The number of hydrogen-bond acceptors (Lipinski definition) is 6. The molecule has 0 aliphatic carbocycles. The number of hydrogen-bond donors (Lipinski definition) is 2. The molecular weight excluding hydrogens is 276 g/mol. The number of carbonyl (C=O) groups excluding carboxylic acids is 1. The molecule has 2 heterocycles. The smallest absolute Gasteiger partial charge is 0.243 e. The first-order chi connectivity index (χ1) is 8.16. The lowest BCUT2D eigenvalue weighted by Gasteiger charge is -2.26. The van der Waals surface area contributed by atoms with Crippen LogP contribution in [-0.4, -0.2) is 35.4 Å². The zero-order valence-corrected chi connectivity index (χ0v) is 11.7. The van der Waals surface area contributed by atoms with Gasteiger partial charge in [-0.05, 0) is 25.7 Å². The lowest BCUT2D eigenvalue weighted by molar-refractivity contribution is -0.119. The highest BCUT2D eigenvalue weighted by molar-refractivity contribution is 7.15. The number of halogens is 1. The average molecular weight is 293 g/mol. The highest BCUT2D eigenvalue weighted by atomic mass is 35.5. The van der Waals surface area contributed by atoms with Gasteiger partial charge in [-0.2, -0.15) is 0 Å². The van der Waals surface area contributed by atoms with Crippen LogP contribution >= 0.6 is 23.7 Å². The van der Waals surface area contributed by atoms with E-state index in [2.05, 4.69) is 15.5 Å². The molecule has 18 heavy (non-hydrogen) atoms. The van der Waals surface area contributed by atoms with Crippen LogP contribution in [0.1, 0.15) is 17.8 Å². The summed E-state index contributed by atoms with van der Waals surface area (Å²) in [5.41, 5.74) is 5.94. The van der Waals surface area contributed by atoms with Gasteiger partial charge in [-0.25, -0.2) is 0 Å². The summed E-state index contributed by atoms with van der Waals surface area (Å²) in [6.07, 6.45) is 1.67. The number of amides is 1. The average Bonchev–Trinajstić information content (AvgIpc) is 2.75. The highest BCUT2D eigenvalue weighted by Gasteiger charge is 2.27. The normalized spacial score (nSPS) is 17.9. The Balaban J connectivity index is 0.00000162. The maximum Gasteiger partial charge on any atom is 0.243 e. The third-order valence-corrected chi connectivity index (χ3v) is 3.59. The number of nitrogens with one attached hydrogen (secondary N) is 1. The number of anilines is 1. The first kappa shape index (κ1) is 15.3. The van der Waals surface area contributed by atoms with Crippen molar-refractivity contribution >= 4 is 34.8 Å². The Morgan fingerprint density at radius 3 is 2.72 bits per heavy atom. The molecule has 2 rings (SSSR count). The number of rotatable bonds is 3. The van der Waals surface area contributed by atoms with E-state index in [9.17, 15) is 4.79 Å². The summed E-state index contributed by atoms with van der Waals surface area (Å²) in [7, 11) is 0. The quantitative estimate of drug-likeness (QED) is 0.866. The number of nitrogens with two attached hydrogens (primary N) is 1. The molecule has 0 radical (unpaired) electrons. The third-order valence-electron chi connectivity index (χ3n) is 2.83. The summed E-state index contributed by atoms with van der Waals surface area (Å²) in [6, 6.07) is -0.497. The van der Waals surface area contributed by atoms with E-state index in [1.807, 2.05) is 6.92 Å². The summed E-state index contributed by atoms with van der Waals surface area (Å²) in [5.74, 6) is 0.00539. The fourth-order valence-corrected chi connectivity index (χ4v) is 2.42. The van der Waals surface area contributed by atoms with E-state index >= 15 is 0 Å². The number of aryl methyl sites for hydroxylation is 1. The largest absolute Gasteiger partial charge is 0.381 e. The van der Waals surface area contributed by atoms with Crippen LogP contribution in [-0.2, 0) is 9.53 Å². The molecule has 0 saturated carbocycles. The van der Waals surface area contributed by atoms with Crippen LogP contribution in [0.4, 0.5) is 5.13 Å². The van der Waals surface area contributed by atoms with Gasteiger partial charge in [0.05, 0.1) is 6.04 Å². The molecule has 0 spiro atoms. The van der Waals surface area contributed by atoms with Crippen molar-refractivity contribution in [1.82, 2.24) is 10.2 Å².